The molecule has 7 nitrogen and oxygen atoms in total. The minimum Gasteiger partial charge on any atom is -0.442 e. The maximum Gasteiger partial charge on any atom is 0.444 e. The van der Waals surface area contributed by atoms with E-state index in [0.717, 1.165) is 5.56 Å². The van der Waals surface area contributed by atoms with E-state index in [0.29, 0.717) is 16.5 Å². The van der Waals surface area contributed by atoms with Crippen molar-refractivity contribution in [1.29, 1.82) is 0 Å². The molecule has 2 N–H and O–H groups in total. The largest absolute Gasteiger partial charge is 0.444 e. The molecule has 7 heteroatoms. The predicted octanol–water partition coefficient (Wildman–Crippen LogP) is 0.953. The lowest BCUT2D eigenvalue weighted by Crippen LogP contribution is -2.57. The van der Waals surface area contributed by atoms with Gasteiger partial charge in [-0.15, -0.1) is 5.12 Å². The average molecular weight is 277 g/mol. The Morgan fingerprint density at radius 1 is 1.20 bits per heavy atom. The molecule has 0 radical (unpaired) electrons. The lowest BCUT2D eigenvalue weighted by atomic mass is 10.1. The highest BCUT2D eigenvalue weighted by molar-refractivity contribution is 5.98. The first-order valence-corrected chi connectivity index (χ1v) is 6.21. The molecule has 0 aromatic heterocycles. The third-order valence-corrected chi connectivity index (χ3v) is 2.86. The summed E-state index contributed by atoms with van der Waals surface area (Å²) in [7, 11) is 0. The molecule has 0 unspecified atom stereocenters. The van der Waals surface area contributed by atoms with E-state index in [2.05, 4.69) is 0 Å². The molecule has 0 atom stereocenters. The maximum atomic E-state index is 11.7. The normalized spacial score (nSPS) is 15.2. The summed E-state index contributed by atoms with van der Waals surface area (Å²) in [6, 6.07) is 9.02. The third kappa shape index (κ3) is 3.12. The molecule has 20 heavy (non-hydrogen) atoms. The van der Waals surface area contributed by atoms with Gasteiger partial charge in [-0.05, 0) is 12.0 Å². The Kier molecular flexibility index (Phi) is 4.31. The smallest absolute Gasteiger partial charge is 0.442 e. The van der Waals surface area contributed by atoms with E-state index in [1.54, 1.807) is 24.3 Å². The number of ether oxygens (including phenoxy) is 1. The minimum absolute atomic E-state index is 0.0175. The molecule has 1 aromatic carbocycles. The summed E-state index contributed by atoms with van der Waals surface area (Å²) in [6.07, 6.45) is -0.102. The molecular weight excluding hydrogens is 262 g/mol. The fraction of sp³-hybridized carbons (Fsp3) is 0.308. The first kappa shape index (κ1) is 14.0. The molecule has 1 aromatic rings. The number of imide groups is 1. The molecule has 2 rings (SSSR count). The molecule has 1 fully saturated rings. The van der Waals surface area contributed by atoms with Gasteiger partial charge in [0.2, 0.25) is 11.8 Å². The standard InChI is InChI=1S/C13H15N3O4/c14-16(15-11(17)7-4-8-12(15)18)13(19)20-9-10-5-2-1-3-6-10/h1-3,5-6H,4,7-9,14H2. The van der Waals surface area contributed by atoms with E-state index in [-0.39, 0.29) is 19.4 Å². The highest BCUT2D eigenvalue weighted by Gasteiger charge is 2.33. The van der Waals surface area contributed by atoms with Crippen molar-refractivity contribution in [2.45, 2.75) is 25.9 Å². The number of piperidine rings is 1. The van der Waals surface area contributed by atoms with Crippen molar-refractivity contribution in [3.8, 4) is 0 Å². The number of nitrogens with two attached hydrogens (primary N) is 1. The monoisotopic (exact) mass is 277 g/mol. The number of carbonyl (C=O) groups is 3. The van der Waals surface area contributed by atoms with Crippen molar-refractivity contribution in [3.05, 3.63) is 35.9 Å². The molecule has 0 spiro atoms. The summed E-state index contributed by atoms with van der Waals surface area (Å²) >= 11 is 0. The first-order chi connectivity index (χ1) is 9.59. The van der Waals surface area contributed by atoms with Crippen LogP contribution in [0, 0.1) is 0 Å². The number of hydrogen-bond acceptors (Lipinski definition) is 5. The molecule has 106 valence electrons. The number of carbonyl (C=O) groups excluding carboxylic acids is 3. The van der Waals surface area contributed by atoms with Crippen molar-refractivity contribution in [3.63, 3.8) is 0 Å². The van der Waals surface area contributed by atoms with E-state index in [9.17, 15) is 14.4 Å². The maximum absolute atomic E-state index is 11.7. The number of benzene rings is 1. The van der Waals surface area contributed by atoms with Gasteiger partial charge in [0.25, 0.3) is 0 Å². The fourth-order valence-corrected chi connectivity index (χ4v) is 1.85. The number of amides is 3. The fourth-order valence-electron chi connectivity index (χ4n) is 1.85. The summed E-state index contributed by atoms with van der Waals surface area (Å²) in [5.74, 6) is 4.48. The Morgan fingerprint density at radius 3 is 2.40 bits per heavy atom. The number of hydrogen-bond donors (Lipinski definition) is 1. The van der Waals surface area contributed by atoms with E-state index in [1.807, 2.05) is 6.07 Å². The Labute approximate surface area is 115 Å². The predicted molar refractivity (Wildman–Crippen MR) is 68.4 cm³/mol. The Morgan fingerprint density at radius 2 is 1.80 bits per heavy atom. The molecule has 1 heterocycles. The van der Waals surface area contributed by atoms with Gasteiger partial charge >= 0.3 is 6.09 Å². The van der Waals surface area contributed by atoms with Gasteiger partial charge in [-0.25, -0.2) is 10.6 Å². The molecule has 3 amide bonds. The molecule has 1 saturated heterocycles. The Hall–Kier alpha value is -2.41. The lowest BCUT2D eigenvalue weighted by molar-refractivity contribution is -0.165. The second-order valence-electron chi connectivity index (χ2n) is 4.34. The topological polar surface area (TPSA) is 92.9 Å². The van der Waals surface area contributed by atoms with Crippen LogP contribution < -0.4 is 5.84 Å². The third-order valence-electron chi connectivity index (χ3n) is 2.86. The van der Waals surface area contributed by atoms with Crippen molar-refractivity contribution in [2.24, 2.45) is 5.84 Å². The summed E-state index contributed by atoms with van der Waals surface area (Å²) < 4.78 is 4.96. The number of rotatable bonds is 3. The van der Waals surface area contributed by atoms with Crippen LogP contribution in [0.4, 0.5) is 4.79 Å². The quantitative estimate of drug-likeness (QED) is 0.384. The van der Waals surface area contributed by atoms with Crippen molar-refractivity contribution >= 4 is 17.9 Å². The van der Waals surface area contributed by atoms with E-state index in [1.165, 1.54) is 0 Å². The van der Waals surface area contributed by atoms with Gasteiger partial charge in [-0.1, -0.05) is 30.3 Å². The molecule has 0 saturated carbocycles. The highest BCUT2D eigenvalue weighted by Crippen LogP contribution is 2.14. The average Bonchev–Trinajstić information content (AvgIpc) is 2.45. The second kappa shape index (κ2) is 6.16. The molecule has 1 aliphatic heterocycles. The van der Waals surface area contributed by atoms with Crippen LogP contribution in [0.2, 0.25) is 0 Å². The van der Waals surface area contributed by atoms with Crippen molar-refractivity contribution in [1.82, 2.24) is 10.1 Å². The Bertz CT molecular complexity index is 502. The van der Waals surface area contributed by atoms with Crippen LogP contribution in [0.3, 0.4) is 0 Å². The van der Waals surface area contributed by atoms with Gasteiger partial charge in [0.15, 0.2) is 0 Å². The lowest BCUT2D eigenvalue weighted by Gasteiger charge is -2.30. The van der Waals surface area contributed by atoms with Crippen LogP contribution in [-0.2, 0) is 20.9 Å². The Balaban J connectivity index is 1.94. The summed E-state index contributed by atoms with van der Waals surface area (Å²) in [6.45, 7) is 0.0175. The second-order valence-corrected chi connectivity index (χ2v) is 4.34. The van der Waals surface area contributed by atoms with E-state index in [4.69, 9.17) is 10.6 Å². The zero-order valence-corrected chi connectivity index (χ0v) is 10.8. The van der Waals surface area contributed by atoms with Crippen molar-refractivity contribution < 1.29 is 19.1 Å². The summed E-state index contributed by atoms with van der Waals surface area (Å²) in [5.41, 5.74) is 0.783. The van der Waals surface area contributed by atoms with Gasteiger partial charge < -0.3 is 4.74 Å². The van der Waals surface area contributed by atoms with E-state index < -0.39 is 17.9 Å². The van der Waals surface area contributed by atoms with Gasteiger partial charge in [0.1, 0.15) is 6.61 Å². The highest BCUT2D eigenvalue weighted by atomic mass is 16.6. The van der Waals surface area contributed by atoms with Gasteiger partial charge in [-0.3, -0.25) is 9.59 Å². The van der Waals surface area contributed by atoms with Gasteiger partial charge in [-0.2, -0.15) is 5.01 Å². The number of hydrazine groups is 2. The van der Waals surface area contributed by atoms with Gasteiger partial charge in [0, 0.05) is 12.8 Å². The minimum atomic E-state index is -0.947. The first-order valence-electron chi connectivity index (χ1n) is 6.21. The van der Waals surface area contributed by atoms with Crippen LogP contribution in [0.25, 0.3) is 0 Å². The molecule has 0 bridgehead atoms. The zero-order valence-electron chi connectivity index (χ0n) is 10.8. The van der Waals surface area contributed by atoms with Gasteiger partial charge in [0.05, 0.1) is 0 Å². The molecular formula is C13H15N3O4. The molecule has 0 aliphatic carbocycles. The summed E-state index contributed by atoms with van der Waals surface area (Å²) in [5, 5.41) is 1.07. The van der Waals surface area contributed by atoms with E-state index >= 15 is 0 Å². The van der Waals surface area contributed by atoms with Crippen molar-refractivity contribution in [2.75, 3.05) is 0 Å². The van der Waals surface area contributed by atoms with Crippen LogP contribution in [0.5, 0.6) is 0 Å². The molecule has 1 aliphatic rings. The zero-order chi connectivity index (χ0) is 14.5. The van der Waals surface area contributed by atoms with Crippen LogP contribution in [0.15, 0.2) is 30.3 Å². The summed E-state index contributed by atoms with van der Waals surface area (Å²) in [4.78, 5) is 34.9. The van der Waals surface area contributed by atoms with Crippen LogP contribution in [-0.4, -0.2) is 28.0 Å². The SMILES string of the molecule is NN(C(=O)OCc1ccccc1)N1C(=O)CCCC1=O. The van der Waals surface area contributed by atoms with Crippen LogP contribution in [0.1, 0.15) is 24.8 Å². The van der Waals surface area contributed by atoms with Crippen LogP contribution >= 0.6 is 0 Å². The number of nitrogens with zero attached hydrogens (tertiary/aromatic N) is 2.